The minimum absolute atomic E-state index is 0.0263. The van der Waals surface area contributed by atoms with Crippen molar-refractivity contribution >= 4 is 11.6 Å². The number of ether oxygens (including phenoxy) is 2. The van der Waals surface area contributed by atoms with Crippen LogP contribution in [0.3, 0.4) is 0 Å². The van der Waals surface area contributed by atoms with Crippen molar-refractivity contribution < 1.29 is 14.3 Å². The monoisotopic (exact) mass is 327 g/mol. The number of carbonyl (C=O) groups is 1. The summed E-state index contributed by atoms with van der Waals surface area (Å²) in [6, 6.07) is 15.0. The zero-order valence-corrected chi connectivity index (χ0v) is 14.5. The Kier molecular flexibility index (Phi) is 6.67. The SMILES string of the molecule is Cc1ccc(OCC(=O)Nc2cccc(OCCC(C)C)c2)cc1. The van der Waals surface area contributed by atoms with Gasteiger partial charge in [0.05, 0.1) is 6.61 Å². The van der Waals surface area contributed by atoms with Crippen molar-refractivity contribution in [2.45, 2.75) is 27.2 Å². The number of rotatable bonds is 8. The molecule has 128 valence electrons. The Hall–Kier alpha value is -2.49. The minimum atomic E-state index is -0.199. The smallest absolute Gasteiger partial charge is 0.262 e. The third-order valence-corrected chi connectivity index (χ3v) is 3.47. The molecule has 24 heavy (non-hydrogen) atoms. The van der Waals surface area contributed by atoms with Crippen molar-refractivity contribution in [1.82, 2.24) is 0 Å². The molecule has 0 radical (unpaired) electrons. The lowest BCUT2D eigenvalue weighted by atomic mass is 10.1. The highest BCUT2D eigenvalue weighted by molar-refractivity contribution is 5.92. The Morgan fingerprint density at radius 3 is 2.50 bits per heavy atom. The number of anilines is 1. The Morgan fingerprint density at radius 1 is 1.04 bits per heavy atom. The van der Waals surface area contributed by atoms with E-state index < -0.39 is 0 Å². The highest BCUT2D eigenvalue weighted by atomic mass is 16.5. The van der Waals surface area contributed by atoms with E-state index in [4.69, 9.17) is 9.47 Å². The average Bonchev–Trinajstić information content (AvgIpc) is 2.54. The summed E-state index contributed by atoms with van der Waals surface area (Å²) in [7, 11) is 0. The molecule has 2 aromatic carbocycles. The predicted octanol–water partition coefficient (Wildman–Crippen LogP) is 4.44. The van der Waals surface area contributed by atoms with Gasteiger partial charge in [0.25, 0.3) is 5.91 Å². The number of nitrogens with one attached hydrogen (secondary N) is 1. The molecule has 0 fully saturated rings. The van der Waals surface area contributed by atoms with E-state index in [1.54, 1.807) is 0 Å². The number of benzene rings is 2. The van der Waals surface area contributed by atoms with E-state index in [2.05, 4.69) is 19.2 Å². The Morgan fingerprint density at radius 2 is 1.79 bits per heavy atom. The lowest BCUT2D eigenvalue weighted by Gasteiger charge is -2.11. The van der Waals surface area contributed by atoms with Crippen molar-refractivity contribution in [2.24, 2.45) is 5.92 Å². The molecule has 0 saturated heterocycles. The summed E-state index contributed by atoms with van der Waals surface area (Å²) in [5, 5.41) is 2.82. The molecule has 2 rings (SSSR count). The second kappa shape index (κ2) is 8.96. The van der Waals surface area contributed by atoms with Gasteiger partial charge in [0, 0.05) is 11.8 Å². The summed E-state index contributed by atoms with van der Waals surface area (Å²) in [5.41, 5.74) is 1.86. The summed E-state index contributed by atoms with van der Waals surface area (Å²) in [5.74, 6) is 1.84. The lowest BCUT2D eigenvalue weighted by Crippen LogP contribution is -2.20. The standard InChI is InChI=1S/C20H25NO3/c1-15(2)11-12-23-19-6-4-5-17(13-19)21-20(22)14-24-18-9-7-16(3)8-10-18/h4-10,13,15H,11-12,14H2,1-3H3,(H,21,22). The van der Waals surface area contributed by atoms with Crippen LogP contribution in [0.1, 0.15) is 25.8 Å². The highest BCUT2D eigenvalue weighted by Gasteiger charge is 2.05. The molecule has 0 saturated carbocycles. The van der Waals surface area contributed by atoms with E-state index in [-0.39, 0.29) is 12.5 Å². The van der Waals surface area contributed by atoms with E-state index in [0.717, 1.165) is 17.7 Å². The third kappa shape index (κ3) is 6.32. The maximum absolute atomic E-state index is 12.0. The molecule has 0 aliphatic carbocycles. The molecule has 0 aliphatic rings. The number of hydrogen-bond acceptors (Lipinski definition) is 3. The summed E-state index contributed by atoms with van der Waals surface area (Å²) in [6.07, 6.45) is 1.00. The first kappa shape index (κ1) is 17.9. The molecule has 0 aliphatic heterocycles. The van der Waals surface area contributed by atoms with Crippen molar-refractivity contribution in [3.8, 4) is 11.5 Å². The largest absolute Gasteiger partial charge is 0.494 e. The Balaban J connectivity index is 1.81. The van der Waals surface area contributed by atoms with E-state index in [0.29, 0.717) is 24.0 Å². The number of amides is 1. The van der Waals surface area contributed by atoms with Gasteiger partial charge in [-0.3, -0.25) is 4.79 Å². The van der Waals surface area contributed by atoms with E-state index in [1.165, 1.54) is 0 Å². The first-order valence-corrected chi connectivity index (χ1v) is 8.25. The summed E-state index contributed by atoms with van der Waals surface area (Å²) < 4.78 is 11.2. The van der Waals surface area contributed by atoms with Gasteiger partial charge in [0.1, 0.15) is 11.5 Å². The quantitative estimate of drug-likeness (QED) is 0.780. The fourth-order valence-electron chi connectivity index (χ4n) is 2.06. The summed E-state index contributed by atoms with van der Waals surface area (Å²) >= 11 is 0. The van der Waals surface area contributed by atoms with Crippen LogP contribution in [-0.4, -0.2) is 19.1 Å². The fraction of sp³-hybridized carbons (Fsp3) is 0.350. The molecule has 0 heterocycles. The molecule has 1 N–H and O–H groups in total. The molecular formula is C20H25NO3. The molecule has 0 spiro atoms. The number of aryl methyl sites for hydroxylation is 1. The van der Waals surface area contributed by atoms with Crippen molar-refractivity contribution in [3.63, 3.8) is 0 Å². The van der Waals surface area contributed by atoms with E-state index >= 15 is 0 Å². The van der Waals surface area contributed by atoms with Gasteiger partial charge in [-0.15, -0.1) is 0 Å². The van der Waals surface area contributed by atoms with Crippen LogP contribution < -0.4 is 14.8 Å². The zero-order valence-electron chi connectivity index (χ0n) is 14.5. The lowest BCUT2D eigenvalue weighted by molar-refractivity contribution is -0.118. The molecular weight excluding hydrogens is 302 g/mol. The predicted molar refractivity (Wildman–Crippen MR) is 96.7 cm³/mol. The zero-order chi connectivity index (χ0) is 17.4. The average molecular weight is 327 g/mol. The van der Waals surface area contributed by atoms with Crippen molar-refractivity contribution in [1.29, 1.82) is 0 Å². The second-order valence-electron chi connectivity index (χ2n) is 6.21. The van der Waals surface area contributed by atoms with E-state index in [9.17, 15) is 4.79 Å². The van der Waals surface area contributed by atoms with Gasteiger partial charge in [-0.05, 0) is 43.5 Å². The van der Waals surface area contributed by atoms with Gasteiger partial charge in [-0.2, -0.15) is 0 Å². The molecule has 0 aromatic heterocycles. The van der Waals surface area contributed by atoms with E-state index in [1.807, 2.05) is 55.5 Å². The molecule has 4 nitrogen and oxygen atoms in total. The molecule has 0 unspecified atom stereocenters. The molecule has 2 aromatic rings. The number of hydrogen-bond donors (Lipinski definition) is 1. The van der Waals surface area contributed by atoms with Crippen LogP contribution in [0.5, 0.6) is 11.5 Å². The Labute approximate surface area is 143 Å². The van der Waals surface area contributed by atoms with Crippen LogP contribution in [0.15, 0.2) is 48.5 Å². The maximum Gasteiger partial charge on any atom is 0.262 e. The molecule has 1 amide bonds. The summed E-state index contributed by atoms with van der Waals surface area (Å²) in [4.78, 5) is 12.0. The van der Waals surface area contributed by atoms with Crippen molar-refractivity contribution in [2.75, 3.05) is 18.5 Å². The molecule has 0 atom stereocenters. The normalized spacial score (nSPS) is 10.5. The van der Waals surface area contributed by atoms with Crippen LogP contribution in [0.25, 0.3) is 0 Å². The minimum Gasteiger partial charge on any atom is -0.494 e. The first-order chi connectivity index (χ1) is 11.5. The summed E-state index contributed by atoms with van der Waals surface area (Å²) in [6.45, 7) is 6.97. The van der Waals surface area contributed by atoms with Gasteiger partial charge < -0.3 is 14.8 Å². The van der Waals surface area contributed by atoms with Gasteiger partial charge in [0.2, 0.25) is 0 Å². The van der Waals surface area contributed by atoms with Crippen LogP contribution in [0.2, 0.25) is 0 Å². The highest BCUT2D eigenvalue weighted by Crippen LogP contribution is 2.18. The number of carbonyl (C=O) groups excluding carboxylic acids is 1. The molecule has 0 bridgehead atoms. The Bertz CT molecular complexity index is 650. The first-order valence-electron chi connectivity index (χ1n) is 8.25. The third-order valence-electron chi connectivity index (χ3n) is 3.47. The topological polar surface area (TPSA) is 47.6 Å². The van der Waals surface area contributed by atoms with Gasteiger partial charge in [0.15, 0.2) is 6.61 Å². The van der Waals surface area contributed by atoms with Gasteiger partial charge in [-0.1, -0.05) is 37.6 Å². The molecule has 4 heteroatoms. The van der Waals surface area contributed by atoms with Crippen LogP contribution in [0.4, 0.5) is 5.69 Å². The van der Waals surface area contributed by atoms with Crippen LogP contribution >= 0.6 is 0 Å². The van der Waals surface area contributed by atoms with Gasteiger partial charge in [-0.25, -0.2) is 0 Å². The van der Waals surface area contributed by atoms with Gasteiger partial charge >= 0.3 is 0 Å². The fourth-order valence-corrected chi connectivity index (χ4v) is 2.06. The van der Waals surface area contributed by atoms with Crippen LogP contribution in [-0.2, 0) is 4.79 Å². The van der Waals surface area contributed by atoms with Crippen LogP contribution in [0, 0.1) is 12.8 Å². The second-order valence-corrected chi connectivity index (χ2v) is 6.21. The maximum atomic E-state index is 12.0. The van der Waals surface area contributed by atoms with Crippen molar-refractivity contribution in [3.05, 3.63) is 54.1 Å².